The van der Waals surface area contributed by atoms with Crippen molar-refractivity contribution in [2.24, 2.45) is 0 Å². The molecule has 0 radical (unpaired) electrons. The number of aromatic amines is 1. The van der Waals surface area contributed by atoms with Crippen molar-refractivity contribution < 1.29 is 9.90 Å². The molecular weight excluding hydrogens is 206 g/mol. The van der Waals surface area contributed by atoms with Crippen molar-refractivity contribution in [1.29, 1.82) is 0 Å². The Morgan fingerprint density at radius 2 is 2.12 bits per heavy atom. The van der Waals surface area contributed by atoms with E-state index in [0.717, 1.165) is 5.52 Å². The summed E-state index contributed by atoms with van der Waals surface area (Å²) in [4.78, 5) is 22.2. The van der Waals surface area contributed by atoms with Crippen LogP contribution in [0.15, 0.2) is 12.4 Å². The number of nitrogens with zero attached hydrogens (tertiary/aromatic N) is 2. The van der Waals surface area contributed by atoms with Crippen LogP contribution in [0.2, 0.25) is 0 Å². The van der Waals surface area contributed by atoms with Crippen LogP contribution in [0.4, 0.5) is 0 Å². The Morgan fingerprint density at radius 3 is 2.69 bits per heavy atom. The van der Waals surface area contributed by atoms with E-state index in [2.05, 4.69) is 15.0 Å². The molecular formula is C11H13N3O2. The van der Waals surface area contributed by atoms with E-state index >= 15 is 0 Å². The number of aromatic nitrogens is 3. The number of imidazole rings is 1. The molecule has 2 aromatic rings. The summed E-state index contributed by atoms with van der Waals surface area (Å²) in [5, 5.41) is 8.98. The summed E-state index contributed by atoms with van der Waals surface area (Å²) in [6, 6.07) is 1.50. The molecule has 0 bridgehead atoms. The van der Waals surface area contributed by atoms with Gasteiger partial charge < -0.3 is 10.1 Å². The summed E-state index contributed by atoms with van der Waals surface area (Å²) in [5.74, 6) is -1.03. The number of pyridine rings is 1. The Kier molecular flexibility index (Phi) is 2.18. The first kappa shape index (κ1) is 10.6. The van der Waals surface area contributed by atoms with Gasteiger partial charge in [-0.3, -0.25) is 0 Å². The predicted octanol–water partition coefficient (Wildman–Crippen LogP) is 1.95. The van der Waals surface area contributed by atoms with Gasteiger partial charge >= 0.3 is 5.97 Å². The van der Waals surface area contributed by atoms with Crippen molar-refractivity contribution in [2.45, 2.75) is 26.2 Å². The lowest BCUT2D eigenvalue weighted by Gasteiger charge is -2.18. The topological polar surface area (TPSA) is 78.9 Å². The molecule has 2 rings (SSSR count). The van der Waals surface area contributed by atoms with Gasteiger partial charge in [0.25, 0.3) is 0 Å². The summed E-state index contributed by atoms with van der Waals surface area (Å²) < 4.78 is 0. The summed E-state index contributed by atoms with van der Waals surface area (Å²) in [7, 11) is 0. The maximum Gasteiger partial charge on any atom is 0.354 e. The average Bonchev–Trinajstić information content (AvgIpc) is 2.61. The first-order valence-corrected chi connectivity index (χ1v) is 4.97. The van der Waals surface area contributed by atoms with Gasteiger partial charge in [-0.05, 0) is 6.07 Å². The normalized spacial score (nSPS) is 11.9. The molecule has 2 N–H and O–H groups in total. The Labute approximate surface area is 92.5 Å². The SMILES string of the molecule is CC(C)(C)c1nc(C(=O)O)cc2[nH]cnc12. The van der Waals surface area contributed by atoms with Crippen molar-refractivity contribution in [2.75, 3.05) is 0 Å². The molecule has 0 saturated carbocycles. The first-order chi connectivity index (χ1) is 7.39. The lowest BCUT2D eigenvalue weighted by Crippen LogP contribution is -2.16. The number of carboxylic acids is 1. The van der Waals surface area contributed by atoms with Crippen LogP contribution in [-0.2, 0) is 5.41 Å². The molecule has 84 valence electrons. The summed E-state index contributed by atoms with van der Waals surface area (Å²) in [6.07, 6.45) is 1.55. The minimum absolute atomic E-state index is 0.0432. The monoisotopic (exact) mass is 219 g/mol. The van der Waals surface area contributed by atoms with Crippen LogP contribution < -0.4 is 0 Å². The van der Waals surface area contributed by atoms with Crippen molar-refractivity contribution in [3.63, 3.8) is 0 Å². The fraction of sp³-hybridized carbons (Fsp3) is 0.364. The lowest BCUT2D eigenvalue weighted by molar-refractivity contribution is 0.0690. The van der Waals surface area contributed by atoms with E-state index in [-0.39, 0.29) is 11.1 Å². The van der Waals surface area contributed by atoms with Crippen LogP contribution in [0, 0.1) is 0 Å². The smallest absolute Gasteiger partial charge is 0.354 e. The van der Waals surface area contributed by atoms with E-state index in [9.17, 15) is 4.79 Å². The first-order valence-electron chi connectivity index (χ1n) is 4.97. The fourth-order valence-corrected chi connectivity index (χ4v) is 1.58. The molecule has 0 fully saturated rings. The highest BCUT2D eigenvalue weighted by atomic mass is 16.4. The van der Waals surface area contributed by atoms with Gasteiger partial charge in [0.05, 0.1) is 17.5 Å². The number of H-pyrrole nitrogens is 1. The van der Waals surface area contributed by atoms with E-state index < -0.39 is 5.97 Å². The van der Waals surface area contributed by atoms with E-state index in [1.54, 1.807) is 6.33 Å². The van der Waals surface area contributed by atoms with E-state index in [0.29, 0.717) is 11.2 Å². The molecule has 0 atom stereocenters. The fourth-order valence-electron chi connectivity index (χ4n) is 1.58. The molecule has 0 unspecified atom stereocenters. The molecule has 0 aliphatic rings. The highest BCUT2D eigenvalue weighted by Gasteiger charge is 2.22. The van der Waals surface area contributed by atoms with Gasteiger partial charge in [-0.2, -0.15) is 0 Å². The predicted molar refractivity (Wildman–Crippen MR) is 59.5 cm³/mol. The van der Waals surface area contributed by atoms with Crippen molar-refractivity contribution in [3.8, 4) is 0 Å². The number of fused-ring (bicyclic) bond motifs is 1. The summed E-state index contributed by atoms with van der Waals surface area (Å²) >= 11 is 0. The molecule has 2 aromatic heterocycles. The summed E-state index contributed by atoms with van der Waals surface area (Å²) in [6.45, 7) is 5.94. The number of carboxylic acid groups (broad SMARTS) is 1. The second-order valence-corrected chi connectivity index (χ2v) is 4.71. The standard InChI is InChI=1S/C11H13N3O2/c1-11(2,3)9-8-6(12-5-13-8)4-7(14-9)10(15)16/h4-5H,1-3H3,(H,12,13)(H,15,16). The van der Waals surface area contributed by atoms with Crippen LogP contribution in [-0.4, -0.2) is 26.0 Å². The van der Waals surface area contributed by atoms with E-state index in [1.165, 1.54) is 6.07 Å². The van der Waals surface area contributed by atoms with Crippen LogP contribution in [0.5, 0.6) is 0 Å². The molecule has 0 saturated heterocycles. The number of aromatic carboxylic acids is 1. The highest BCUT2D eigenvalue weighted by molar-refractivity contribution is 5.90. The highest BCUT2D eigenvalue weighted by Crippen LogP contribution is 2.26. The number of hydrogen-bond acceptors (Lipinski definition) is 3. The van der Waals surface area contributed by atoms with Gasteiger partial charge in [0.15, 0.2) is 5.69 Å². The molecule has 2 heterocycles. The molecule has 16 heavy (non-hydrogen) atoms. The van der Waals surface area contributed by atoms with Crippen LogP contribution in [0.1, 0.15) is 37.0 Å². The molecule has 5 nitrogen and oxygen atoms in total. The molecule has 0 spiro atoms. The zero-order chi connectivity index (χ0) is 11.9. The summed E-state index contributed by atoms with van der Waals surface area (Å²) in [5.41, 5.74) is 1.94. The number of carbonyl (C=O) groups is 1. The number of nitrogens with one attached hydrogen (secondary N) is 1. The van der Waals surface area contributed by atoms with Gasteiger partial charge in [-0.1, -0.05) is 20.8 Å². The van der Waals surface area contributed by atoms with Crippen molar-refractivity contribution >= 4 is 17.0 Å². The number of rotatable bonds is 1. The third-order valence-corrected chi connectivity index (χ3v) is 2.34. The maximum atomic E-state index is 10.9. The van der Waals surface area contributed by atoms with E-state index in [1.807, 2.05) is 20.8 Å². The largest absolute Gasteiger partial charge is 0.477 e. The Balaban J connectivity index is 2.79. The van der Waals surface area contributed by atoms with Gasteiger partial charge in [0.1, 0.15) is 5.52 Å². The minimum Gasteiger partial charge on any atom is -0.477 e. The van der Waals surface area contributed by atoms with Gasteiger partial charge in [-0.15, -0.1) is 0 Å². The Morgan fingerprint density at radius 1 is 1.44 bits per heavy atom. The third kappa shape index (κ3) is 1.64. The third-order valence-electron chi connectivity index (χ3n) is 2.34. The lowest BCUT2D eigenvalue weighted by atomic mass is 9.90. The minimum atomic E-state index is -1.03. The molecule has 0 aliphatic carbocycles. The average molecular weight is 219 g/mol. The Hall–Kier alpha value is -1.91. The van der Waals surface area contributed by atoms with Gasteiger partial charge in [0.2, 0.25) is 0 Å². The zero-order valence-corrected chi connectivity index (χ0v) is 9.40. The second kappa shape index (κ2) is 3.30. The molecule has 0 amide bonds. The maximum absolute atomic E-state index is 10.9. The Bertz CT molecular complexity index is 552. The molecule has 0 aliphatic heterocycles. The van der Waals surface area contributed by atoms with Crippen LogP contribution in [0.25, 0.3) is 11.0 Å². The van der Waals surface area contributed by atoms with Crippen molar-refractivity contribution in [3.05, 3.63) is 23.8 Å². The van der Waals surface area contributed by atoms with Gasteiger partial charge in [-0.25, -0.2) is 14.8 Å². The second-order valence-electron chi connectivity index (χ2n) is 4.71. The molecule has 0 aromatic carbocycles. The number of hydrogen-bond donors (Lipinski definition) is 2. The van der Waals surface area contributed by atoms with Crippen molar-refractivity contribution in [1.82, 2.24) is 15.0 Å². The van der Waals surface area contributed by atoms with Gasteiger partial charge in [0, 0.05) is 5.41 Å². The van der Waals surface area contributed by atoms with Crippen LogP contribution >= 0.6 is 0 Å². The zero-order valence-electron chi connectivity index (χ0n) is 9.40. The van der Waals surface area contributed by atoms with Crippen LogP contribution in [0.3, 0.4) is 0 Å². The van der Waals surface area contributed by atoms with E-state index in [4.69, 9.17) is 5.11 Å². The molecule has 5 heteroatoms. The quantitative estimate of drug-likeness (QED) is 0.768.